The third-order valence-electron chi connectivity index (χ3n) is 2.83. The summed E-state index contributed by atoms with van der Waals surface area (Å²) in [5.74, 6) is 0. The topological polar surface area (TPSA) is 59.3 Å². The highest BCUT2D eigenvalue weighted by atomic mass is 16.5. The second kappa shape index (κ2) is 8.30. The monoisotopic (exact) mass is 269 g/mol. The molecular formula is C14H27N3O2. The van der Waals surface area contributed by atoms with E-state index in [0.717, 1.165) is 25.2 Å². The van der Waals surface area contributed by atoms with Crippen molar-refractivity contribution in [3.8, 4) is 0 Å². The Bertz CT molecular complexity index is 364. The van der Waals surface area contributed by atoms with Crippen molar-refractivity contribution in [1.29, 1.82) is 0 Å². The average Bonchev–Trinajstić information content (AvgIpc) is 2.65. The molecule has 1 heterocycles. The van der Waals surface area contributed by atoms with Gasteiger partial charge in [-0.2, -0.15) is 5.10 Å². The zero-order valence-electron chi connectivity index (χ0n) is 12.5. The van der Waals surface area contributed by atoms with E-state index in [1.54, 1.807) is 0 Å². The van der Waals surface area contributed by atoms with Crippen molar-refractivity contribution in [3.05, 3.63) is 17.5 Å². The third-order valence-corrected chi connectivity index (χ3v) is 2.83. The molecule has 1 atom stereocenters. The van der Waals surface area contributed by atoms with Crippen molar-refractivity contribution in [3.63, 3.8) is 0 Å². The maximum atomic E-state index is 9.66. The highest BCUT2D eigenvalue weighted by molar-refractivity contribution is 5.06. The third kappa shape index (κ3) is 6.71. The lowest BCUT2D eigenvalue weighted by Gasteiger charge is -2.14. The number of aliphatic hydroxyl groups is 1. The van der Waals surface area contributed by atoms with Crippen LogP contribution in [0.1, 0.15) is 31.7 Å². The van der Waals surface area contributed by atoms with Gasteiger partial charge in [-0.15, -0.1) is 0 Å². The number of aliphatic hydroxyl groups excluding tert-OH is 1. The van der Waals surface area contributed by atoms with Crippen molar-refractivity contribution in [1.82, 2.24) is 15.1 Å². The molecule has 0 saturated carbocycles. The number of nitrogens with zero attached hydrogens (tertiary/aromatic N) is 2. The molecule has 0 amide bonds. The van der Waals surface area contributed by atoms with Crippen LogP contribution in [0, 0.1) is 13.8 Å². The molecule has 0 bridgehead atoms. The first-order valence-corrected chi connectivity index (χ1v) is 7.00. The molecule has 19 heavy (non-hydrogen) atoms. The van der Waals surface area contributed by atoms with Crippen molar-refractivity contribution >= 4 is 0 Å². The van der Waals surface area contributed by atoms with Gasteiger partial charge in [0.05, 0.1) is 24.5 Å². The van der Waals surface area contributed by atoms with Crippen molar-refractivity contribution in [2.45, 2.75) is 52.9 Å². The molecule has 0 radical (unpaired) electrons. The first-order valence-electron chi connectivity index (χ1n) is 7.00. The highest BCUT2D eigenvalue weighted by Crippen LogP contribution is 2.02. The predicted octanol–water partition coefficient (Wildman–Crippen LogP) is 1.27. The maximum absolute atomic E-state index is 9.66. The molecule has 5 nitrogen and oxygen atoms in total. The first kappa shape index (κ1) is 16.1. The van der Waals surface area contributed by atoms with Crippen LogP contribution in [0.4, 0.5) is 0 Å². The Labute approximate surface area is 116 Å². The van der Waals surface area contributed by atoms with Gasteiger partial charge in [-0.3, -0.25) is 4.68 Å². The maximum Gasteiger partial charge on any atom is 0.0897 e. The van der Waals surface area contributed by atoms with Crippen LogP contribution in [0.25, 0.3) is 0 Å². The van der Waals surface area contributed by atoms with Crippen LogP contribution in [0.2, 0.25) is 0 Å². The Morgan fingerprint density at radius 1 is 1.42 bits per heavy atom. The molecular weight excluding hydrogens is 242 g/mol. The molecule has 1 aromatic heterocycles. The Hall–Kier alpha value is -0.910. The molecule has 0 aromatic carbocycles. The Balaban J connectivity index is 2.06. The van der Waals surface area contributed by atoms with Crippen LogP contribution in [0.5, 0.6) is 0 Å². The van der Waals surface area contributed by atoms with Gasteiger partial charge in [-0.25, -0.2) is 0 Å². The second-order valence-electron chi connectivity index (χ2n) is 5.24. The van der Waals surface area contributed by atoms with Crippen LogP contribution in [0.3, 0.4) is 0 Å². The minimum atomic E-state index is -0.434. The summed E-state index contributed by atoms with van der Waals surface area (Å²) in [6.07, 6.45) is 0.733. The smallest absolute Gasteiger partial charge is 0.0897 e. The molecule has 2 N–H and O–H groups in total. The molecule has 1 aromatic rings. The molecule has 0 aliphatic carbocycles. The molecule has 0 spiro atoms. The van der Waals surface area contributed by atoms with Gasteiger partial charge in [0.25, 0.3) is 0 Å². The van der Waals surface area contributed by atoms with Crippen molar-refractivity contribution < 1.29 is 9.84 Å². The fourth-order valence-corrected chi connectivity index (χ4v) is 1.89. The number of aromatic nitrogens is 2. The van der Waals surface area contributed by atoms with Crippen molar-refractivity contribution in [2.24, 2.45) is 0 Å². The van der Waals surface area contributed by atoms with E-state index in [-0.39, 0.29) is 6.10 Å². The quantitative estimate of drug-likeness (QED) is 0.663. The van der Waals surface area contributed by atoms with Crippen LogP contribution in [-0.4, -0.2) is 46.8 Å². The molecule has 0 fully saturated rings. The number of nitrogens with one attached hydrogen (secondary N) is 1. The number of hydrogen-bond donors (Lipinski definition) is 2. The summed E-state index contributed by atoms with van der Waals surface area (Å²) in [5.41, 5.74) is 2.26. The zero-order chi connectivity index (χ0) is 14.3. The van der Waals surface area contributed by atoms with Gasteiger partial charge in [0.15, 0.2) is 0 Å². The number of aryl methyl sites for hydroxylation is 3. The lowest BCUT2D eigenvalue weighted by atomic mass is 10.3. The molecule has 110 valence electrons. The van der Waals surface area contributed by atoms with E-state index < -0.39 is 6.10 Å². The highest BCUT2D eigenvalue weighted by Gasteiger charge is 2.05. The van der Waals surface area contributed by atoms with Crippen LogP contribution < -0.4 is 5.32 Å². The van der Waals surface area contributed by atoms with Crippen LogP contribution in [-0.2, 0) is 11.3 Å². The second-order valence-corrected chi connectivity index (χ2v) is 5.24. The lowest BCUT2D eigenvalue weighted by molar-refractivity contribution is 0.00644. The van der Waals surface area contributed by atoms with Crippen LogP contribution >= 0.6 is 0 Å². The fourth-order valence-electron chi connectivity index (χ4n) is 1.89. The van der Waals surface area contributed by atoms with Crippen molar-refractivity contribution in [2.75, 3.05) is 19.7 Å². The van der Waals surface area contributed by atoms with Gasteiger partial charge in [0.1, 0.15) is 0 Å². The molecule has 5 heteroatoms. The largest absolute Gasteiger partial charge is 0.389 e. The summed E-state index contributed by atoms with van der Waals surface area (Å²) >= 11 is 0. The molecule has 0 aliphatic heterocycles. The zero-order valence-corrected chi connectivity index (χ0v) is 12.5. The fraction of sp³-hybridized carbons (Fsp3) is 0.786. The van der Waals surface area contributed by atoms with E-state index in [1.165, 1.54) is 5.69 Å². The minimum Gasteiger partial charge on any atom is -0.389 e. The number of hydrogen-bond acceptors (Lipinski definition) is 4. The van der Waals surface area contributed by atoms with Gasteiger partial charge in [0.2, 0.25) is 0 Å². The minimum absolute atomic E-state index is 0.167. The van der Waals surface area contributed by atoms with Gasteiger partial charge >= 0.3 is 0 Å². The van der Waals surface area contributed by atoms with Crippen LogP contribution in [0.15, 0.2) is 6.07 Å². The van der Waals surface area contributed by atoms with E-state index in [4.69, 9.17) is 4.74 Å². The molecule has 1 unspecified atom stereocenters. The molecule has 0 aliphatic rings. The Morgan fingerprint density at radius 3 is 2.74 bits per heavy atom. The summed E-state index contributed by atoms with van der Waals surface area (Å²) in [7, 11) is 0. The summed E-state index contributed by atoms with van der Waals surface area (Å²) in [6, 6.07) is 2.08. The Kier molecular flexibility index (Phi) is 7.05. The number of rotatable bonds is 9. The van der Waals surface area contributed by atoms with E-state index in [1.807, 2.05) is 25.5 Å². The molecule has 1 rings (SSSR count). The van der Waals surface area contributed by atoms with Gasteiger partial charge in [-0.1, -0.05) is 0 Å². The SMILES string of the molecule is Cc1cc(C)n(CCCNCC(O)COC(C)C)n1. The van der Waals surface area contributed by atoms with Gasteiger partial charge in [0, 0.05) is 18.8 Å². The standard InChI is InChI=1S/C14H27N3O2/c1-11(2)19-10-14(18)9-15-6-5-7-17-13(4)8-12(3)16-17/h8,11,14-15,18H,5-7,9-10H2,1-4H3. The average molecular weight is 269 g/mol. The summed E-state index contributed by atoms with van der Waals surface area (Å²) in [4.78, 5) is 0. The first-order chi connectivity index (χ1) is 8.99. The normalized spacial score (nSPS) is 13.2. The Morgan fingerprint density at radius 2 is 2.16 bits per heavy atom. The van der Waals surface area contributed by atoms with E-state index in [0.29, 0.717) is 13.2 Å². The summed E-state index contributed by atoms with van der Waals surface area (Å²) in [6.45, 7) is 10.8. The predicted molar refractivity (Wildman–Crippen MR) is 76.3 cm³/mol. The van der Waals surface area contributed by atoms with E-state index in [9.17, 15) is 5.11 Å². The van der Waals surface area contributed by atoms with E-state index >= 15 is 0 Å². The van der Waals surface area contributed by atoms with Gasteiger partial charge < -0.3 is 15.2 Å². The van der Waals surface area contributed by atoms with Gasteiger partial charge in [-0.05, 0) is 46.7 Å². The lowest BCUT2D eigenvalue weighted by Crippen LogP contribution is -2.32. The molecule has 0 saturated heterocycles. The number of ether oxygens (including phenoxy) is 1. The van der Waals surface area contributed by atoms with E-state index in [2.05, 4.69) is 23.4 Å². The summed E-state index contributed by atoms with van der Waals surface area (Å²) in [5, 5.41) is 17.3. The summed E-state index contributed by atoms with van der Waals surface area (Å²) < 4.78 is 7.37.